The van der Waals surface area contributed by atoms with Crippen LogP contribution >= 0.6 is 11.3 Å². The van der Waals surface area contributed by atoms with Crippen molar-refractivity contribution in [3.05, 3.63) is 46.7 Å². The Morgan fingerprint density at radius 2 is 1.93 bits per heavy atom. The molecule has 2 aromatic rings. The van der Waals surface area contributed by atoms with E-state index >= 15 is 0 Å². The maximum absolute atomic E-state index is 3.95. The lowest BCUT2D eigenvalue weighted by Crippen LogP contribution is -2.12. The highest BCUT2D eigenvalue weighted by Crippen LogP contribution is 2.05. The van der Waals surface area contributed by atoms with Gasteiger partial charge in [-0.3, -0.25) is 0 Å². The van der Waals surface area contributed by atoms with Gasteiger partial charge in [-0.05, 0) is 22.4 Å². The molecule has 0 radical (unpaired) electrons. The van der Waals surface area contributed by atoms with E-state index < -0.39 is 0 Å². The van der Waals surface area contributed by atoms with Crippen LogP contribution in [0.3, 0.4) is 0 Å². The van der Waals surface area contributed by atoms with Crippen molar-refractivity contribution in [2.24, 2.45) is 0 Å². The van der Waals surface area contributed by atoms with Gasteiger partial charge in [0.25, 0.3) is 0 Å². The van der Waals surface area contributed by atoms with Gasteiger partial charge < -0.3 is 5.32 Å². The van der Waals surface area contributed by atoms with Crippen molar-refractivity contribution in [1.29, 1.82) is 0 Å². The minimum Gasteiger partial charge on any atom is -0.308 e. The summed E-state index contributed by atoms with van der Waals surface area (Å²) in [5.41, 5.74) is 2.44. The smallest absolute Gasteiger partial charge is 0.115 e. The third-order valence-electron chi connectivity index (χ3n) is 1.85. The maximum atomic E-state index is 3.95. The first kappa shape index (κ1) is 9.30. The van der Waals surface area contributed by atoms with Crippen LogP contribution in [0.15, 0.2) is 35.5 Å². The number of rotatable bonds is 4. The lowest BCUT2D eigenvalue weighted by atomic mass is 10.3. The number of aromatic nitrogens is 2. The van der Waals surface area contributed by atoms with Gasteiger partial charge in [0.2, 0.25) is 0 Å². The Hall–Kier alpha value is -1.26. The van der Waals surface area contributed by atoms with Crippen LogP contribution in [0.5, 0.6) is 0 Å². The van der Waals surface area contributed by atoms with Gasteiger partial charge in [0.05, 0.1) is 0 Å². The van der Waals surface area contributed by atoms with Gasteiger partial charge in [-0.15, -0.1) is 0 Å². The van der Waals surface area contributed by atoms with Crippen LogP contribution in [0.4, 0.5) is 0 Å². The molecule has 72 valence electrons. The molecule has 2 aromatic heterocycles. The lowest BCUT2D eigenvalue weighted by Gasteiger charge is -2.01. The van der Waals surface area contributed by atoms with E-state index in [0.717, 1.165) is 18.7 Å². The van der Waals surface area contributed by atoms with Crippen molar-refractivity contribution in [1.82, 2.24) is 15.3 Å². The highest BCUT2D eigenvalue weighted by molar-refractivity contribution is 7.07. The lowest BCUT2D eigenvalue weighted by molar-refractivity contribution is 0.690. The molecule has 0 saturated carbocycles. The van der Waals surface area contributed by atoms with E-state index in [4.69, 9.17) is 0 Å². The summed E-state index contributed by atoms with van der Waals surface area (Å²) in [7, 11) is 0. The third kappa shape index (κ3) is 2.61. The fraction of sp³-hybridized carbons (Fsp3) is 0.200. The summed E-state index contributed by atoms with van der Waals surface area (Å²) in [6.07, 6.45) is 5.20. The molecule has 0 saturated heterocycles. The molecule has 0 bridgehead atoms. The summed E-state index contributed by atoms with van der Waals surface area (Å²) in [5, 5.41) is 7.56. The Kier molecular flexibility index (Phi) is 3.21. The highest BCUT2D eigenvalue weighted by atomic mass is 32.1. The summed E-state index contributed by atoms with van der Waals surface area (Å²) in [5.74, 6) is 0. The van der Waals surface area contributed by atoms with Gasteiger partial charge in [0.1, 0.15) is 6.33 Å². The Bertz CT molecular complexity index is 358. The molecule has 2 rings (SSSR count). The topological polar surface area (TPSA) is 37.8 Å². The quantitative estimate of drug-likeness (QED) is 0.827. The standard InChI is InChI=1S/C10H11N3S/c1-2-14-7-9(1)3-11-4-10-5-12-8-13-6-10/h1-2,5-8,11H,3-4H2. The zero-order valence-corrected chi connectivity index (χ0v) is 8.50. The Morgan fingerprint density at radius 3 is 2.64 bits per heavy atom. The zero-order valence-electron chi connectivity index (χ0n) is 7.68. The second-order valence-electron chi connectivity index (χ2n) is 2.98. The fourth-order valence-corrected chi connectivity index (χ4v) is 1.83. The molecule has 4 heteroatoms. The second kappa shape index (κ2) is 4.83. The molecule has 0 fully saturated rings. The monoisotopic (exact) mass is 205 g/mol. The normalized spacial score (nSPS) is 10.3. The maximum Gasteiger partial charge on any atom is 0.115 e. The van der Waals surface area contributed by atoms with Gasteiger partial charge in [0, 0.05) is 31.0 Å². The summed E-state index contributed by atoms with van der Waals surface area (Å²) < 4.78 is 0. The van der Waals surface area contributed by atoms with Crippen molar-refractivity contribution in [2.75, 3.05) is 0 Å². The van der Waals surface area contributed by atoms with Gasteiger partial charge >= 0.3 is 0 Å². The van der Waals surface area contributed by atoms with Crippen LogP contribution in [0.25, 0.3) is 0 Å². The van der Waals surface area contributed by atoms with Crippen molar-refractivity contribution < 1.29 is 0 Å². The molecule has 2 heterocycles. The van der Waals surface area contributed by atoms with Gasteiger partial charge in [0.15, 0.2) is 0 Å². The molecule has 0 aliphatic carbocycles. The molecule has 0 atom stereocenters. The molecule has 14 heavy (non-hydrogen) atoms. The van der Waals surface area contributed by atoms with Crippen LogP contribution in [0.2, 0.25) is 0 Å². The molecular weight excluding hydrogens is 194 g/mol. The van der Waals surface area contributed by atoms with Crippen LogP contribution < -0.4 is 5.32 Å². The molecule has 0 aliphatic rings. The average molecular weight is 205 g/mol. The largest absolute Gasteiger partial charge is 0.308 e. The molecule has 0 unspecified atom stereocenters. The average Bonchev–Trinajstić information content (AvgIpc) is 2.72. The van der Waals surface area contributed by atoms with E-state index in [1.807, 2.05) is 12.4 Å². The summed E-state index contributed by atoms with van der Waals surface area (Å²) in [6.45, 7) is 1.72. The number of hydrogen-bond acceptors (Lipinski definition) is 4. The third-order valence-corrected chi connectivity index (χ3v) is 2.58. The molecule has 0 spiro atoms. The van der Waals surface area contributed by atoms with Crippen LogP contribution in [0, 0.1) is 0 Å². The molecule has 0 aliphatic heterocycles. The SMILES string of the molecule is c1ncc(CNCc2ccsc2)cn1. The van der Waals surface area contributed by atoms with Gasteiger partial charge in [-0.1, -0.05) is 0 Å². The number of nitrogens with zero attached hydrogens (tertiary/aromatic N) is 2. The van der Waals surface area contributed by atoms with Crippen molar-refractivity contribution in [2.45, 2.75) is 13.1 Å². The molecule has 1 N–H and O–H groups in total. The predicted octanol–water partition coefficient (Wildman–Crippen LogP) is 1.83. The second-order valence-corrected chi connectivity index (χ2v) is 3.76. The van der Waals surface area contributed by atoms with Gasteiger partial charge in [-0.2, -0.15) is 11.3 Å². The minimum atomic E-state index is 0.816. The summed E-state index contributed by atoms with van der Waals surface area (Å²) >= 11 is 1.72. The van der Waals surface area contributed by atoms with E-state index in [0.29, 0.717) is 0 Å². The number of thiophene rings is 1. The van der Waals surface area contributed by atoms with Crippen molar-refractivity contribution in [3.63, 3.8) is 0 Å². The molecular formula is C10H11N3S. The Labute approximate surface area is 86.8 Å². The zero-order chi connectivity index (χ0) is 9.64. The first-order valence-electron chi connectivity index (χ1n) is 4.41. The molecule has 0 amide bonds. The fourth-order valence-electron chi connectivity index (χ4n) is 1.17. The van der Waals surface area contributed by atoms with Crippen LogP contribution in [-0.2, 0) is 13.1 Å². The summed E-state index contributed by atoms with van der Waals surface area (Å²) in [4.78, 5) is 7.90. The van der Waals surface area contributed by atoms with Crippen molar-refractivity contribution in [3.8, 4) is 0 Å². The number of nitrogens with one attached hydrogen (secondary N) is 1. The van der Waals surface area contributed by atoms with E-state index in [1.165, 1.54) is 5.56 Å². The van der Waals surface area contributed by atoms with Gasteiger partial charge in [-0.25, -0.2) is 9.97 Å². The Balaban J connectivity index is 1.79. The van der Waals surface area contributed by atoms with E-state index in [1.54, 1.807) is 17.7 Å². The molecule has 0 aromatic carbocycles. The van der Waals surface area contributed by atoms with Crippen LogP contribution in [-0.4, -0.2) is 9.97 Å². The van der Waals surface area contributed by atoms with E-state index in [9.17, 15) is 0 Å². The van der Waals surface area contributed by atoms with E-state index in [2.05, 4.69) is 32.1 Å². The van der Waals surface area contributed by atoms with E-state index in [-0.39, 0.29) is 0 Å². The number of hydrogen-bond donors (Lipinski definition) is 1. The predicted molar refractivity (Wildman–Crippen MR) is 56.9 cm³/mol. The first-order chi connectivity index (χ1) is 6.95. The summed E-state index contributed by atoms with van der Waals surface area (Å²) in [6, 6.07) is 2.12. The minimum absolute atomic E-state index is 0.816. The highest BCUT2D eigenvalue weighted by Gasteiger charge is 1.94. The Morgan fingerprint density at radius 1 is 1.14 bits per heavy atom. The van der Waals surface area contributed by atoms with Crippen LogP contribution in [0.1, 0.15) is 11.1 Å². The first-order valence-corrected chi connectivity index (χ1v) is 5.35. The molecule has 3 nitrogen and oxygen atoms in total. The van der Waals surface area contributed by atoms with Crippen molar-refractivity contribution >= 4 is 11.3 Å².